The summed E-state index contributed by atoms with van der Waals surface area (Å²) in [5.74, 6) is -0.214. The Kier molecular flexibility index (Phi) is 4.19. The molecule has 0 bridgehead atoms. The Morgan fingerprint density at radius 1 is 1.62 bits per heavy atom. The summed E-state index contributed by atoms with van der Waals surface area (Å²) in [6.07, 6.45) is 2.56. The van der Waals surface area contributed by atoms with E-state index in [1.54, 1.807) is 6.92 Å². The van der Waals surface area contributed by atoms with Gasteiger partial charge in [0, 0.05) is 12.7 Å². The molecular weight excluding hydrogens is 212 g/mol. The number of nitro groups is 1. The van der Waals surface area contributed by atoms with E-state index in [-0.39, 0.29) is 23.8 Å². The molecule has 0 aliphatic rings. The van der Waals surface area contributed by atoms with Gasteiger partial charge in [-0.15, -0.1) is 0 Å². The SMILES string of the molecule is CCNC(=O)CNc1ccncc1[N+](=O)[O-]. The maximum absolute atomic E-state index is 11.1. The highest BCUT2D eigenvalue weighted by atomic mass is 16.6. The quantitative estimate of drug-likeness (QED) is 0.562. The summed E-state index contributed by atoms with van der Waals surface area (Å²) >= 11 is 0. The monoisotopic (exact) mass is 224 g/mol. The van der Waals surface area contributed by atoms with Gasteiger partial charge in [0.2, 0.25) is 5.91 Å². The Morgan fingerprint density at radius 3 is 3.00 bits per heavy atom. The minimum absolute atomic E-state index is 0.00130. The number of likely N-dealkylation sites (N-methyl/N-ethyl adjacent to an activating group) is 1. The number of nitrogens with one attached hydrogen (secondary N) is 2. The van der Waals surface area contributed by atoms with Gasteiger partial charge >= 0.3 is 5.69 Å². The van der Waals surface area contributed by atoms with Crippen LogP contribution in [0.5, 0.6) is 0 Å². The van der Waals surface area contributed by atoms with E-state index in [1.165, 1.54) is 12.3 Å². The average Bonchev–Trinajstić information content (AvgIpc) is 2.27. The second kappa shape index (κ2) is 5.64. The van der Waals surface area contributed by atoms with E-state index < -0.39 is 4.92 Å². The Hall–Kier alpha value is -2.18. The highest BCUT2D eigenvalue weighted by Gasteiger charge is 2.13. The molecular formula is C9H12N4O3. The lowest BCUT2D eigenvalue weighted by Crippen LogP contribution is -2.29. The summed E-state index contributed by atoms with van der Waals surface area (Å²) in [4.78, 5) is 24.9. The van der Waals surface area contributed by atoms with Crippen molar-refractivity contribution in [2.24, 2.45) is 0 Å². The maximum Gasteiger partial charge on any atom is 0.310 e. The fraction of sp³-hybridized carbons (Fsp3) is 0.333. The zero-order valence-corrected chi connectivity index (χ0v) is 8.77. The molecule has 16 heavy (non-hydrogen) atoms. The van der Waals surface area contributed by atoms with Crippen molar-refractivity contribution in [1.29, 1.82) is 0 Å². The molecule has 0 saturated heterocycles. The van der Waals surface area contributed by atoms with Gasteiger partial charge in [-0.3, -0.25) is 19.9 Å². The maximum atomic E-state index is 11.1. The summed E-state index contributed by atoms with van der Waals surface area (Å²) in [5, 5.41) is 15.9. The van der Waals surface area contributed by atoms with Gasteiger partial charge in [-0.1, -0.05) is 0 Å². The number of aromatic nitrogens is 1. The Morgan fingerprint density at radius 2 is 2.38 bits per heavy atom. The third-order valence-electron chi connectivity index (χ3n) is 1.81. The number of carbonyl (C=O) groups excluding carboxylic acids is 1. The molecule has 7 heteroatoms. The largest absolute Gasteiger partial charge is 0.370 e. The van der Waals surface area contributed by atoms with E-state index in [1.807, 2.05) is 0 Å². The molecule has 7 nitrogen and oxygen atoms in total. The normalized spacial score (nSPS) is 9.56. The first-order chi connectivity index (χ1) is 7.65. The van der Waals surface area contributed by atoms with Crippen molar-refractivity contribution in [3.8, 4) is 0 Å². The average molecular weight is 224 g/mol. The molecule has 1 amide bonds. The summed E-state index contributed by atoms with van der Waals surface area (Å²) < 4.78 is 0. The topological polar surface area (TPSA) is 97.2 Å². The third-order valence-corrected chi connectivity index (χ3v) is 1.81. The highest BCUT2D eigenvalue weighted by molar-refractivity contribution is 5.81. The molecule has 0 saturated carbocycles. The molecule has 0 aliphatic heterocycles. The lowest BCUT2D eigenvalue weighted by atomic mass is 10.3. The van der Waals surface area contributed by atoms with Crippen molar-refractivity contribution in [3.63, 3.8) is 0 Å². The molecule has 2 N–H and O–H groups in total. The Bertz CT molecular complexity index is 394. The van der Waals surface area contributed by atoms with Gasteiger partial charge in [-0.2, -0.15) is 0 Å². The van der Waals surface area contributed by atoms with Gasteiger partial charge in [-0.05, 0) is 13.0 Å². The van der Waals surface area contributed by atoms with Crippen molar-refractivity contribution in [3.05, 3.63) is 28.6 Å². The van der Waals surface area contributed by atoms with Gasteiger partial charge in [0.25, 0.3) is 0 Å². The molecule has 1 rings (SSSR count). The molecule has 0 fully saturated rings. The fourth-order valence-electron chi connectivity index (χ4n) is 1.12. The lowest BCUT2D eigenvalue weighted by molar-refractivity contribution is -0.384. The van der Waals surface area contributed by atoms with Crippen LogP contribution < -0.4 is 10.6 Å². The van der Waals surface area contributed by atoms with Crippen LogP contribution in [0, 0.1) is 10.1 Å². The smallest absolute Gasteiger partial charge is 0.310 e. The van der Waals surface area contributed by atoms with Crippen LogP contribution in [0.4, 0.5) is 11.4 Å². The first-order valence-corrected chi connectivity index (χ1v) is 4.74. The minimum atomic E-state index is -0.549. The van der Waals surface area contributed by atoms with Crippen LogP contribution >= 0.6 is 0 Å². The number of anilines is 1. The zero-order valence-electron chi connectivity index (χ0n) is 8.77. The second-order valence-electron chi connectivity index (χ2n) is 2.96. The summed E-state index contributed by atoms with van der Waals surface area (Å²) in [6, 6.07) is 1.46. The van der Waals surface area contributed by atoms with Crippen molar-refractivity contribution in [2.45, 2.75) is 6.92 Å². The Balaban J connectivity index is 2.66. The first kappa shape index (κ1) is 11.9. The molecule has 86 valence electrons. The number of carbonyl (C=O) groups is 1. The van der Waals surface area contributed by atoms with Gasteiger partial charge in [0.1, 0.15) is 11.9 Å². The molecule has 0 unspecified atom stereocenters. The van der Waals surface area contributed by atoms with Crippen LogP contribution in [-0.2, 0) is 4.79 Å². The van der Waals surface area contributed by atoms with Crippen LogP contribution in [0.25, 0.3) is 0 Å². The highest BCUT2D eigenvalue weighted by Crippen LogP contribution is 2.21. The van der Waals surface area contributed by atoms with Gasteiger partial charge in [0.05, 0.1) is 11.5 Å². The zero-order chi connectivity index (χ0) is 12.0. The van der Waals surface area contributed by atoms with E-state index in [4.69, 9.17) is 0 Å². The number of nitrogens with zero attached hydrogens (tertiary/aromatic N) is 2. The molecule has 0 spiro atoms. The van der Waals surface area contributed by atoms with Gasteiger partial charge in [-0.25, -0.2) is 0 Å². The fourth-order valence-corrected chi connectivity index (χ4v) is 1.12. The van der Waals surface area contributed by atoms with Crippen molar-refractivity contribution in [1.82, 2.24) is 10.3 Å². The lowest BCUT2D eigenvalue weighted by Gasteiger charge is -2.06. The summed E-state index contributed by atoms with van der Waals surface area (Å²) in [6.45, 7) is 2.32. The molecule has 0 aliphatic carbocycles. The van der Waals surface area contributed by atoms with Crippen LogP contribution in [0.15, 0.2) is 18.5 Å². The Labute approximate surface area is 92.0 Å². The van der Waals surface area contributed by atoms with E-state index in [0.29, 0.717) is 6.54 Å². The molecule has 1 aromatic heterocycles. The van der Waals surface area contributed by atoms with E-state index in [0.717, 1.165) is 6.20 Å². The molecule has 1 aromatic rings. The summed E-state index contributed by atoms with van der Waals surface area (Å²) in [7, 11) is 0. The van der Waals surface area contributed by atoms with Crippen LogP contribution in [-0.4, -0.2) is 28.9 Å². The molecule has 0 radical (unpaired) electrons. The van der Waals surface area contributed by atoms with Crippen LogP contribution in [0.2, 0.25) is 0 Å². The predicted molar refractivity (Wildman–Crippen MR) is 58.1 cm³/mol. The number of rotatable bonds is 5. The number of pyridine rings is 1. The predicted octanol–water partition coefficient (Wildman–Crippen LogP) is 0.538. The van der Waals surface area contributed by atoms with Crippen molar-refractivity contribution in [2.75, 3.05) is 18.4 Å². The van der Waals surface area contributed by atoms with Crippen molar-refractivity contribution >= 4 is 17.3 Å². The number of amides is 1. The number of hydrogen-bond acceptors (Lipinski definition) is 5. The van der Waals surface area contributed by atoms with E-state index in [9.17, 15) is 14.9 Å². The molecule has 1 heterocycles. The van der Waals surface area contributed by atoms with E-state index in [2.05, 4.69) is 15.6 Å². The van der Waals surface area contributed by atoms with Crippen LogP contribution in [0.3, 0.4) is 0 Å². The summed E-state index contributed by atoms with van der Waals surface area (Å²) in [5.41, 5.74) is 0.137. The molecule has 0 aromatic carbocycles. The van der Waals surface area contributed by atoms with E-state index >= 15 is 0 Å². The van der Waals surface area contributed by atoms with Gasteiger partial charge < -0.3 is 10.6 Å². The third kappa shape index (κ3) is 3.19. The van der Waals surface area contributed by atoms with Crippen molar-refractivity contribution < 1.29 is 9.72 Å². The second-order valence-corrected chi connectivity index (χ2v) is 2.96. The number of hydrogen-bond donors (Lipinski definition) is 2. The first-order valence-electron chi connectivity index (χ1n) is 4.74. The minimum Gasteiger partial charge on any atom is -0.370 e. The standard InChI is InChI=1S/C9H12N4O3/c1-2-11-9(14)6-12-7-3-4-10-5-8(7)13(15)16/h3-5H,2,6H2,1H3,(H,10,12)(H,11,14). The van der Waals surface area contributed by atoms with Crippen LogP contribution in [0.1, 0.15) is 6.92 Å². The molecule has 0 atom stereocenters. The van der Waals surface area contributed by atoms with Gasteiger partial charge in [0.15, 0.2) is 0 Å².